The molecule has 0 atom stereocenters. The smallest absolute Gasteiger partial charge is 0.286 e. The number of imidazole rings is 1. The highest BCUT2D eigenvalue weighted by molar-refractivity contribution is 6.30. The van der Waals surface area contributed by atoms with Crippen molar-refractivity contribution in [3.8, 4) is 17.1 Å². The monoisotopic (exact) mass is 416 g/mol. The van der Waals surface area contributed by atoms with E-state index >= 15 is 0 Å². The molecule has 2 aliphatic rings. The topological polar surface area (TPSA) is 59.4 Å². The Balaban J connectivity index is 1.68. The molecule has 1 saturated heterocycles. The summed E-state index contributed by atoms with van der Waals surface area (Å²) < 4.78 is 7.71. The minimum Gasteiger partial charge on any atom is -0.496 e. The number of carbonyl (C=O) groups is 1. The van der Waals surface area contributed by atoms with Gasteiger partial charge in [0.2, 0.25) is 0 Å². The van der Waals surface area contributed by atoms with Crippen molar-refractivity contribution < 1.29 is 9.53 Å². The SMILES string of the molecule is COc1ccc(Cl)cc1-c1nc(C(=O)NN2CCCCC2)c(C)n1CCC1CC1. The summed E-state index contributed by atoms with van der Waals surface area (Å²) in [5.41, 5.74) is 5.22. The molecular formula is C22H29ClN4O2. The van der Waals surface area contributed by atoms with Gasteiger partial charge < -0.3 is 9.30 Å². The van der Waals surface area contributed by atoms with E-state index in [1.165, 1.54) is 19.3 Å². The first-order valence-electron chi connectivity index (χ1n) is 10.5. The van der Waals surface area contributed by atoms with Gasteiger partial charge in [0.1, 0.15) is 11.6 Å². The molecular weight excluding hydrogens is 388 g/mol. The second-order valence-electron chi connectivity index (χ2n) is 8.09. The number of benzene rings is 1. The molecule has 1 saturated carbocycles. The van der Waals surface area contributed by atoms with Crippen LogP contribution in [0.3, 0.4) is 0 Å². The molecule has 156 valence electrons. The van der Waals surface area contributed by atoms with Gasteiger partial charge in [-0.15, -0.1) is 0 Å². The number of nitrogens with zero attached hydrogens (tertiary/aromatic N) is 3. The molecule has 7 heteroatoms. The maximum absolute atomic E-state index is 13.0. The molecule has 0 radical (unpaired) electrons. The van der Waals surface area contributed by atoms with Crippen molar-refractivity contribution in [2.75, 3.05) is 20.2 Å². The third-order valence-electron chi connectivity index (χ3n) is 5.91. The van der Waals surface area contributed by atoms with Gasteiger partial charge in [-0.3, -0.25) is 10.2 Å². The number of ether oxygens (including phenoxy) is 1. The number of rotatable bonds is 7. The molecule has 2 fully saturated rings. The van der Waals surface area contributed by atoms with Crippen LogP contribution in [0.1, 0.15) is 54.7 Å². The summed E-state index contributed by atoms with van der Waals surface area (Å²) in [5.74, 6) is 2.09. The van der Waals surface area contributed by atoms with Crippen molar-refractivity contribution in [3.05, 3.63) is 34.6 Å². The van der Waals surface area contributed by atoms with Crippen LogP contribution in [0, 0.1) is 12.8 Å². The number of hydrogen-bond donors (Lipinski definition) is 1. The van der Waals surface area contributed by atoms with Crippen molar-refractivity contribution >= 4 is 17.5 Å². The predicted molar refractivity (Wildman–Crippen MR) is 114 cm³/mol. The van der Waals surface area contributed by atoms with Gasteiger partial charge in [0.05, 0.1) is 12.7 Å². The molecule has 1 aromatic carbocycles. The summed E-state index contributed by atoms with van der Waals surface area (Å²) in [6, 6.07) is 5.51. The number of amides is 1. The molecule has 1 aliphatic heterocycles. The standard InChI is InChI=1S/C22H29ClN4O2/c1-15-20(22(28)25-26-11-4-3-5-12-26)24-21(27(15)13-10-16-6-7-16)18-14-17(23)8-9-19(18)29-2/h8-9,14,16H,3-7,10-13H2,1-2H3,(H,25,28). The number of carbonyl (C=O) groups excluding carboxylic acids is 1. The van der Waals surface area contributed by atoms with E-state index in [1.807, 2.05) is 24.1 Å². The Morgan fingerprint density at radius 2 is 2.03 bits per heavy atom. The van der Waals surface area contributed by atoms with E-state index in [0.717, 1.165) is 61.9 Å². The summed E-state index contributed by atoms with van der Waals surface area (Å²) in [4.78, 5) is 17.8. The van der Waals surface area contributed by atoms with E-state index in [9.17, 15) is 4.79 Å². The maximum atomic E-state index is 13.0. The van der Waals surface area contributed by atoms with Crippen LogP contribution in [-0.4, -0.2) is 40.7 Å². The molecule has 4 rings (SSSR count). The molecule has 1 amide bonds. The number of methoxy groups -OCH3 is 1. The molecule has 0 spiro atoms. The van der Waals surface area contributed by atoms with Crippen LogP contribution in [0.25, 0.3) is 11.4 Å². The van der Waals surface area contributed by atoms with Gasteiger partial charge in [-0.05, 0) is 50.3 Å². The van der Waals surface area contributed by atoms with E-state index < -0.39 is 0 Å². The van der Waals surface area contributed by atoms with E-state index in [1.54, 1.807) is 13.2 Å². The van der Waals surface area contributed by atoms with Gasteiger partial charge in [0, 0.05) is 30.4 Å². The van der Waals surface area contributed by atoms with Crippen molar-refractivity contribution in [1.82, 2.24) is 20.0 Å². The van der Waals surface area contributed by atoms with E-state index in [0.29, 0.717) is 16.5 Å². The zero-order valence-corrected chi connectivity index (χ0v) is 18.0. The fraction of sp³-hybridized carbons (Fsp3) is 0.545. The number of hydrazine groups is 1. The molecule has 29 heavy (non-hydrogen) atoms. The molecule has 1 aliphatic carbocycles. The highest BCUT2D eigenvalue weighted by atomic mass is 35.5. The van der Waals surface area contributed by atoms with Crippen molar-refractivity contribution in [3.63, 3.8) is 0 Å². The van der Waals surface area contributed by atoms with Crippen molar-refractivity contribution in [1.29, 1.82) is 0 Å². The number of piperidine rings is 1. The Labute approximate surface area is 177 Å². The lowest BCUT2D eigenvalue weighted by Crippen LogP contribution is -2.45. The molecule has 6 nitrogen and oxygen atoms in total. The average Bonchev–Trinajstić information content (AvgIpc) is 3.49. The Kier molecular flexibility index (Phi) is 6.11. The summed E-state index contributed by atoms with van der Waals surface area (Å²) in [6.45, 7) is 4.60. The minimum absolute atomic E-state index is 0.142. The third-order valence-corrected chi connectivity index (χ3v) is 6.15. The predicted octanol–water partition coefficient (Wildman–Crippen LogP) is 4.45. The number of hydrogen-bond acceptors (Lipinski definition) is 4. The summed E-state index contributed by atoms with van der Waals surface area (Å²) in [5, 5.41) is 2.63. The van der Waals surface area contributed by atoms with Crippen LogP contribution in [0.2, 0.25) is 5.02 Å². The third kappa shape index (κ3) is 4.59. The molecule has 0 bridgehead atoms. The molecule has 2 heterocycles. The van der Waals surface area contributed by atoms with E-state index in [2.05, 4.69) is 9.99 Å². The normalized spacial score (nSPS) is 17.3. The van der Waals surface area contributed by atoms with Crippen LogP contribution in [-0.2, 0) is 6.54 Å². The highest BCUT2D eigenvalue weighted by Gasteiger charge is 2.26. The Morgan fingerprint density at radius 1 is 1.28 bits per heavy atom. The fourth-order valence-corrected chi connectivity index (χ4v) is 4.18. The summed E-state index contributed by atoms with van der Waals surface area (Å²) in [7, 11) is 1.64. The Morgan fingerprint density at radius 3 is 2.72 bits per heavy atom. The summed E-state index contributed by atoms with van der Waals surface area (Å²) >= 11 is 6.27. The average molecular weight is 417 g/mol. The first-order valence-corrected chi connectivity index (χ1v) is 10.9. The minimum atomic E-state index is -0.142. The van der Waals surface area contributed by atoms with Crippen LogP contribution >= 0.6 is 11.6 Å². The summed E-state index contributed by atoms with van der Waals surface area (Å²) in [6.07, 6.45) is 7.14. The fourth-order valence-electron chi connectivity index (χ4n) is 4.00. The second kappa shape index (κ2) is 8.76. The van der Waals surface area contributed by atoms with E-state index in [4.69, 9.17) is 21.3 Å². The van der Waals surface area contributed by atoms with E-state index in [-0.39, 0.29) is 5.91 Å². The number of nitrogens with one attached hydrogen (secondary N) is 1. The second-order valence-corrected chi connectivity index (χ2v) is 8.52. The zero-order valence-electron chi connectivity index (χ0n) is 17.2. The van der Waals surface area contributed by atoms with Gasteiger partial charge in [0.15, 0.2) is 5.69 Å². The Hall–Kier alpha value is -2.05. The quantitative estimate of drug-likeness (QED) is 0.724. The van der Waals surface area contributed by atoms with Gasteiger partial charge in [0.25, 0.3) is 5.91 Å². The first-order chi connectivity index (χ1) is 14.1. The largest absolute Gasteiger partial charge is 0.496 e. The van der Waals surface area contributed by atoms with Crippen LogP contribution in [0.4, 0.5) is 0 Å². The van der Waals surface area contributed by atoms with Gasteiger partial charge >= 0.3 is 0 Å². The van der Waals surface area contributed by atoms with Gasteiger partial charge in [-0.2, -0.15) is 0 Å². The highest BCUT2D eigenvalue weighted by Crippen LogP contribution is 2.36. The first kappa shape index (κ1) is 20.2. The van der Waals surface area contributed by atoms with Crippen LogP contribution in [0.15, 0.2) is 18.2 Å². The van der Waals surface area contributed by atoms with Gasteiger partial charge in [-0.1, -0.05) is 30.9 Å². The molecule has 1 aromatic heterocycles. The maximum Gasteiger partial charge on any atom is 0.286 e. The number of halogens is 1. The lowest BCUT2D eigenvalue weighted by atomic mass is 10.2. The van der Waals surface area contributed by atoms with Crippen molar-refractivity contribution in [2.45, 2.75) is 52.0 Å². The molecule has 0 unspecified atom stereocenters. The lowest BCUT2D eigenvalue weighted by Gasteiger charge is -2.26. The van der Waals surface area contributed by atoms with Crippen LogP contribution in [0.5, 0.6) is 5.75 Å². The molecule has 2 aromatic rings. The lowest BCUT2D eigenvalue weighted by molar-refractivity contribution is 0.0744. The zero-order chi connectivity index (χ0) is 20.4. The Bertz CT molecular complexity index is 885. The number of aromatic nitrogens is 2. The van der Waals surface area contributed by atoms with Crippen LogP contribution < -0.4 is 10.2 Å². The van der Waals surface area contributed by atoms with Gasteiger partial charge in [-0.25, -0.2) is 9.99 Å². The van der Waals surface area contributed by atoms with Crippen molar-refractivity contribution in [2.24, 2.45) is 5.92 Å². The molecule has 1 N–H and O–H groups in total.